The Morgan fingerprint density at radius 2 is 1.70 bits per heavy atom. The van der Waals surface area contributed by atoms with Crippen LogP contribution in [0, 0.1) is 0 Å². The summed E-state index contributed by atoms with van der Waals surface area (Å²) in [6, 6.07) is 16.6. The van der Waals surface area contributed by atoms with Gasteiger partial charge in [-0.3, -0.25) is 4.99 Å². The van der Waals surface area contributed by atoms with E-state index in [4.69, 9.17) is 14.2 Å². The maximum atomic E-state index is 5.75. The van der Waals surface area contributed by atoms with Crippen LogP contribution in [0.2, 0.25) is 0 Å². The molecule has 2 N–H and O–H groups in total. The van der Waals surface area contributed by atoms with Crippen LogP contribution < -0.4 is 25.0 Å². The average Bonchev–Trinajstić information content (AvgIpc) is 2.84. The van der Waals surface area contributed by atoms with Crippen LogP contribution in [0.1, 0.15) is 25.3 Å². The van der Waals surface area contributed by atoms with Gasteiger partial charge in [0.15, 0.2) is 5.96 Å². The molecule has 1 saturated heterocycles. The molecule has 0 spiro atoms. The lowest BCUT2D eigenvalue weighted by atomic mass is 10.0. The first-order chi connectivity index (χ1) is 15.7. The van der Waals surface area contributed by atoms with Gasteiger partial charge in [0.25, 0.3) is 0 Å². The summed E-state index contributed by atoms with van der Waals surface area (Å²) in [6.07, 6.45) is 2.07. The first kappa shape index (κ1) is 27.0. The van der Waals surface area contributed by atoms with Crippen molar-refractivity contribution in [1.29, 1.82) is 0 Å². The van der Waals surface area contributed by atoms with Crippen LogP contribution in [0.4, 0.5) is 5.69 Å². The standard InChI is InChI=1S/C25H36N4O3.HI/c1-4-26-25(27-12-15-32-19-20-8-6-5-7-9-20)28-21-10-13-29(14-11-21)22-16-23(30-2)18-24(17-22)31-3;/h5-9,16-18,21H,4,10-15,19H2,1-3H3,(H2,26,27,28);1H. The first-order valence-corrected chi connectivity index (χ1v) is 11.4. The highest BCUT2D eigenvalue weighted by Crippen LogP contribution is 2.30. The summed E-state index contributed by atoms with van der Waals surface area (Å²) in [5.41, 5.74) is 2.32. The second-order valence-corrected chi connectivity index (χ2v) is 7.78. The third-order valence-corrected chi connectivity index (χ3v) is 5.50. The van der Waals surface area contributed by atoms with Gasteiger partial charge in [-0.25, -0.2) is 0 Å². The molecule has 7 nitrogen and oxygen atoms in total. The van der Waals surface area contributed by atoms with Gasteiger partial charge in [-0.1, -0.05) is 30.3 Å². The van der Waals surface area contributed by atoms with E-state index in [1.54, 1.807) is 14.2 Å². The third kappa shape index (κ3) is 8.92. The summed E-state index contributed by atoms with van der Waals surface area (Å²) in [5, 5.41) is 6.94. The molecule has 0 unspecified atom stereocenters. The molecule has 0 aliphatic carbocycles. The van der Waals surface area contributed by atoms with E-state index in [-0.39, 0.29) is 24.0 Å². The lowest BCUT2D eigenvalue weighted by molar-refractivity contribution is 0.128. The zero-order valence-corrected chi connectivity index (χ0v) is 22.2. The van der Waals surface area contributed by atoms with Crippen LogP contribution in [-0.4, -0.2) is 59.0 Å². The smallest absolute Gasteiger partial charge is 0.191 e. The van der Waals surface area contributed by atoms with Crippen molar-refractivity contribution in [2.45, 2.75) is 32.4 Å². The van der Waals surface area contributed by atoms with E-state index >= 15 is 0 Å². The number of nitrogens with one attached hydrogen (secondary N) is 2. The predicted molar refractivity (Wildman–Crippen MR) is 145 cm³/mol. The van der Waals surface area contributed by atoms with E-state index in [0.29, 0.717) is 25.8 Å². The number of piperidine rings is 1. The van der Waals surface area contributed by atoms with Gasteiger partial charge in [0.05, 0.1) is 34.0 Å². The van der Waals surface area contributed by atoms with Crippen molar-refractivity contribution in [3.05, 3.63) is 54.1 Å². The van der Waals surface area contributed by atoms with Crippen LogP contribution in [0.3, 0.4) is 0 Å². The fourth-order valence-corrected chi connectivity index (χ4v) is 3.76. The lowest BCUT2D eigenvalue weighted by Gasteiger charge is -2.34. The van der Waals surface area contributed by atoms with Gasteiger partial charge in [-0.05, 0) is 25.3 Å². The number of halogens is 1. The highest BCUT2D eigenvalue weighted by Gasteiger charge is 2.21. The van der Waals surface area contributed by atoms with Crippen molar-refractivity contribution in [3.63, 3.8) is 0 Å². The number of aliphatic imine (C=N–C) groups is 1. The van der Waals surface area contributed by atoms with Crippen LogP contribution in [-0.2, 0) is 11.3 Å². The van der Waals surface area contributed by atoms with Gasteiger partial charge in [-0.15, -0.1) is 24.0 Å². The minimum atomic E-state index is 0. The van der Waals surface area contributed by atoms with E-state index in [2.05, 4.69) is 51.7 Å². The molecule has 2 aromatic carbocycles. The molecule has 0 bridgehead atoms. The summed E-state index contributed by atoms with van der Waals surface area (Å²) in [5.74, 6) is 2.49. The summed E-state index contributed by atoms with van der Waals surface area (Å²) < 4.78 is 16.6. The van der Waals surface area contributed by atoms with E-state index in [9.17, 15) is 0 Å². The van der Waals surface area contributed by atoms with Gasteiger partial charge >= 0.3 is 0 Å². The third-order valence-electron chi connectivity index (χ3n) is 5.50. The molecule has 1 fully saturated rings. The number of nitrogens with zero attached hydrogens (tertiary/aromatic N) is 2. The number of hydrogen-bond acceptors (Lipinski definition) is 5. The number of hydrogen-bond donors (Lipinski definition) is 2. The average molecular weight is 569 g/mol. The minimum Gasteiger partial charge on any atom is -0.497 e. The van der Waals surface area contributed by atoms with E-state index < -0.39 is 0 Å². The first-order valence-electron chi connectivity index (χ1n) is 11.4. The fraction of sp³-hybridized carbons (Fsp3) is 0.480. The Bertz CT molecular complexity index is 821. The monoisotopic (exact) mass is 568 g/mol. The van der Waals surface area contributed by atoms with Crippen molar-refractivity contribution >= 4 is 35.6 Å². The van der Waals surface area contributed by atoms with Gasteiger partial charge in [0.2, 0.25) is 0 Å². The van der Waals surface area contributed by atoms with E-state index in [1.807, 2.05) is 24.3 Å². The molecule has 8 heteroatoms. The van der Waals surface area contributed by atoms with Crippen molar-refractivity contribution in [2.24, 2.45) is 4.99 Å². The zero-order valence-electron chi connectivity index (χ0n) is 19.9. The highest BCUT2D eigenvalue weighted by molar-refractivity contribution is 14.0. The van der Waals surface area contributed by atoms with Gasteiger partial charge in [0, 0.05) is 49.6 Å². The number of anilines is 1. The molecular formula is C25H37IN4O3. The van der Waals surface area contributed by atoms with Crippen LogP contribution in [0.15, 0.2) is 53.5 Å². The van der Waals surface area contributed by atoms with Crippen molar-refractivity contribution in [2.75, 3.05) is 51.9 Å². The SMILES string of the molecule is CCNC(=NCCOCc1ccccc1)NC1CCN(c2cc(OC)cc(OC)c2)CC1.I. The summed E-state index contributed by atoms with van der Waals surface area (Å²) in [7, 11) is 3.37. The summed E-state index contributed by atoms with van der Waals surface area (Å²) in [6.45, 7) is 6.70. The van der Waals surface area contributed by atoms with Crippen LogP contribution >= 0.6 is 24.0 Å². The molecule has 0 atom stereocenters. The largest absolute Gasteiger partial charge is 0.497 e. The summed E-state index contributed by atoms with van der Waals surface area (Å²) in [4.78, 5) is 7.06. The Morgan fingerprint density at radius 1 is 1.03 bits per heavy atom. The van der Waals surface area contributed by atoms with Gasteiger partial charge < -0.3 is 29.7 Å². The van der Waals surface area contributed by atoms with Crippen molar-refractivity contribution in [3.8, 4) is 11.5 Å². The molecular weight excluding hydrogens is 531 g/mol. The minimum absolute atomic E-state index is 0. The second kappa shape index (κ2) is 14.8. The Hall–Kier alpha value is -2.20. The van der Waals surface area contributed by atoms with Crippen molar-refractivity contribution < 1.29 is 14.2 Å². The molecule has 182 valence electrons. The van der Waals surface area contributed by atoms with Gasteiger partial charge in [0.1, 0.15) is 11.5 Å². The summed E-state index contributed by atoms with van der Waals surface area (Å²) >= 11 is 0. The highest BCUT2D eigenvalue weighted by atomic mass is 127. The number of methoxy groups -OCH3 is 2. The number of guanidine groups is 1. The van der Waals surface area contributed by atoms with Gasteiger partial charge in [-0.2, -0.15) is 0 Å². The quantitative estimate of drug-likeness (QED) is 0.195. The van der Waals surface area contributed by atoms with E-state index in [1.165, 1.54) is 5.56 Å². The molecule has 1 heterocycles. The topological polar surface area (TPSA) is 67.4 Å². The molecule has 0 aromatic heterocycles. The lowest BCUT2D eigenvalue weighted by Crippen LogP contribution is -2.48. The Kier molecular flexibility index (Phi) is 12.2. The molecule has 2 aromatic rings. The zero-order chi connectivity index (χ0) is 22.6. The maximum Gasteiger partial charge on any atom is 0.191 e. The molecule has 0 radical (unpaired) electrons. The molecule has 1 aliphatic heterocycles. The molecule has 33 heavy (non-hydrogen) atoms. The number of ether oxygens (including phenoxy) is 3. The molecule has 1 aliphatic rings. The molecule has 0 amide bonds. The molecule has 3 rings (SSSR count). The van der Waals surface area contributed by atoms with E-state index in [0.717, 1.165) is 55.6 Å². The van der Waals surface area contributed by atoms with Crippen LogP contribution in [0.5, 0.6) is 11.5 Å². The fourth-order valence-electron chi connectivity index (χ4n) is 3.76. The predicted octanol–water partition coefficient (Wildman–Crippen LogP) is 4.06. The second-order valence-electron chi connectivity index (χ2n) is 7.78. The normalized spacial score (nSPS) is 14.4. The Labute approximate surface area is 214 Å². The molecule has 0 saturated carbocycles. The maximum absolute atomic E-state index is 5.75. The number of rotatable bonds is 10. The van der Waals surface area contributed by atoms with Crippen molar-refractivity contribution in [1.82, 2.24) is 10.6 Å². The Balaban J connectivity index is 0.00000385. The van der Waals surface area contributed by atoms with Crippen LogP contribution in [0.25, 0.3) is 0 Å². The Morgan fingerprint density at radius 3 is 2.30 bits per heavy atom. The number of benzene rings is 2.